The van der Waals surface area contributed by atoms with Gasteiger partial charge in [-0.2, -0.15) is 4.68 Å². The van der Waals surface area contributed by atoms with Gasteiger partial charge in [-0.25, -0.2) is 4.98 Å². The first-order valence-corrected chi connectivity index (χ1v) is 5.27. The molecule has 0 atom stereocenters. The third kappa shape index (κ3) is 1.65. The molecule has 7 nitrogen and oxygen atoms in total. The standard InChI is InChI=1S/C10H10N6O/c17-7-15-4-1-9-8(6-15)13-14-16(9)10-5-11-2-3-12-10/h2-3,5,7H,1,4,6H2. The minimum Gasteiger partial charge on any atom is -0.339 e. The molecule has 0 saturated carbocycles. The number of hydrogen-bond acceptors (Lipinski definition) is 5. The molecule has 0 unspecified atom stereocenters. The van der Waals surface area contributed by atoms with Crippen molar-refractivity contribution in [3.63, 3.8) is 0 Å². The summed E-state index contributed by atoms with van der Waals surface area (Å²) < 4.78 is 1.68. The highest BCUT2D eigenvalue weighted by Crippen LogP contribution is 2.17. The van der Waals surface area contributed by atoms with E-state index >= 15 is 0 Å². The van der Waals surface area contributed by atoms with Gasteiger partial charge in [-0.1, -0.05) is 5.21 Å². The van der Waals surface area contributed by atoms with Gasteiger partial charge in [-0.05, 0) is 0 Å². The molecule has 2 aromatic rings. The molecule has 0 N–H and O–H groups in total. The lowest BCUT2D eigenvalue weighted by atomic mass is 10.1. The molecule has 1 aliphatic rings. The van der Waals surface area contributed by atoms with Crippen LogP contribution in [0.2, 0.25) is 0 Å². The zero-order chi connectivity index (χ0) is 11.7. The summed E-state index contributed by atoms with van der Waals surface area (Å²) in [7, 11) is 0. The fourth-order valence-corrected chi connectivity index (χ4v) is 1.90. The van der Waals surface area contributed by atoms with Crippen molar-refractivity contribution in [3.8, 4) is 5.82 Å². The lowest BCUT2D eigenvalue weighted by molar-refractivity contribution is -0.119. The largest absolute Gasteiger partial charge is 0.339 e. The maximum absolute atomic E-state index is 10.7. The molecule has 3 heterocycles. The maximum atomic E-state index is 10.7. The molecular weight excluding hydrogens is 220 g/mol. The number of aromatic nitrogens is 5. The van der Waals surface area contributed by atoms with E-state index in [0.29, 0.717) is 18.9 Å². The molecule has 0 aliphatic carbocycles. The number of fused-ring (bicyclic) bond motifs is 1. The van der Waals surface area contributed by atoms with Crippen molar-refractivity contribution in [3.05, 3.63) is 30.0 Å². The van der Waals surface area contributed by atoms with E-state index in [1.165, 1.54) is 0 Å². The van der Waals surface area contributed by atoms with Gasteiger partial charge in [-0.15, -0.1) is 5.10 Å². The van der Waals surface area contributed by atoms with Crippen LogP contribution >= 0.6 is 0 Å². The van der Waals surface area contributed by atoms with Gasteiger partial charge < -0.3 is 4.90 Å². The zero-order valence-corrected chi connectivity index (χ0v) is 9.02. The van der Waals surface area contributed by atoms with E-state index < -0.39 is 0 Å². The average Bonchev–Trinajstić information content (AvgIpc) is 2.82. The minimum absolute atomic E-state index is 0.513. The molecule has 0 radical (unpaired) electrons. The number of rotatable bonds is 2. The van der Waals surface area contributed by atoms with Crippen molar-refractivity contribution in [1.29, 1.82) is 0 Å². The van der Waals surface area contributed by atoms with Crippen LogP contribution in [0.25, 0.3) is 5.82 Å². The van der Waals surface area contributed by atoms with E-state index in [1.54, 1.807) is 28.2 Å². The molecule has 1 aliphatic heterocycles. The predicted octanol–water partition coefficient (Wildman–Crippen LogP) is -0.428. The smallest absolute Gasteiger partial charge is 0.210 e. The monoisotopic (exact) mass is 230 g/mol. The fraction of sp³-hybridized carbons (Fsp3) is 0.300. The Labute approximate surface area is 97.1 Å². The summed E-state index contributed by atoms with van der Waals surface area (Å²) in [5, 5.41) is 8.13. The van der Waals surface area contributed by atoms with Gasteiger partial charge in [0, 0.05) is 25.4 Å². The molecule has 1 amide bonds. The van der Waals surface area contributed by atoms with Crippen LogP contribution in [0.4, 0.5) is 0 Å². The molecule has 0 fully saturated rings. The summed E-state index contributed by atoms with van der Waals surface area (Å²) in [4.78, 5) is 20.6. The summed E-state index contributed by atoms with van der Waals surface area (Å²) in [6, 6.07) is 0. The molecule has 7 heteroatoms. The fourth-order valence-electron chi connectivity index (χ4n) is 1.90. The number of carbonyl (C=O) groups is 1. The Bertz CT molecular complexity index is 537. The van der Waals surface area contributed by atoms with Gasteiger partial charge in [0.25, 0.3) is 0 Å². The average molecular weight is 230 g/mol. The van der Waals surface area contributed by atoms with Crippen LogP contribution in [-0.4, -0.2) is 42.8 Å². The SMILES string of the molecule is O=CN1CCc2c(nnn2-c2cnccn2)C1. The predicted molar refractivity (Wildman–Crippen MR) is 57.1 cm³/mol. The Morgan fingerprint density at radius 1 is 1.35 bits per heavy atom. The molecule has 0 saturated heterocycles. The lowest BCUT2D eigenvalue weighted by Gasteiger charge is -2.21. The Kier molecular flexibility index (Phi) is 2.28. The van der Waals surface area contributed by atoms with E-state index in [2.05, 4.69) is 20.3 Å². The quantitative estimate of drug-likeness (QED) is 0.654. The second-order valence-electron chi connectivity index (χ2n) is 3.78. The molecular formula is C10H10N6O. The third-order valence-electron chi connectivity index (χ3n) is 2.75. The number of amides is 1. The molecule has 0 bridgehead atoms. The van der Waals surface area contributed by atoms with Crippen LogP contribution in [0.3, 0.4) is 0 Å². The van der Waals surface area contributed by atoms with E-state index in [-0.39, 0.29) is 0 Å². The second-order valence-corrected chi connectivity index (χ2v) is 3.78. The van der Waals surface area contributed by atoms with Gasteiger partial charge >= 0.3 is 0 Å². The molecule has 0 spiro atoms. The molecule has 86 valence electrons. The summed E-state index contributed by atoms with van der Waals surface area (Å²) in [6.45, 7) is 1.20. The zero-order valence-electron chi connectivity index (χ0n) is 9.02. The first-order chi connectivity index (χ1) is 8.38. The number of nitrogens with zero attached hydrogens (tertiary/aromatic N) is 6. The number of hydrogen-bond donors (Lipinski definition) is 0. The Morgan fingerprint density at radius 2 is 2.29 bits per heavy atom. The van der Waals surface area contributed by atoms with Crippen LogP contribution in [0.1, 0.15) is 11.4 Å². The van der Waals surface area contributed by atoms with Crippen molar-refractivity contribution in [2.24, 2.45) is 0 Å². The van der Waals surface area contributed by atoms with Crippen LogP contribution in [-0.2, 0) is 17.8 Å². The molecule has 0 aromatic carbocycles. The highest BCUT2D eigenvalue weighted by atomic mass is 16.1. The second kappa shape index (κ2) is 3.93. The van der Waals surface area contributed by atoms with Gasteiger partial charge in [0.05, 0.1) is 18.4 Å². The Morgan fingerprint density at radius 3 is 3.06 bits per heavy atom. The van der Waals surface area contributed by atoms with Crippen molar-refractivity contribution in [1.82, 2.24) is 29.9 Å². The van der Waals surface area contributed by atoms with Crippen LogP contribution < -0.4 is 0 Å². The summed E-state index contributed by atoms with van der Waals surface area (Å²) in [6.07, 6.45) is 6.44. The van der Waals surface area contributed by atoms with Gasteiger partial charge in [0.1, 0.15) is 5.69 Å². The Balaban J connectivity index is 2.00. The molecule has 17 heavy (non-hydrogen) atoms. The summed E-state index contributed by atoms with van der Waals surface area (Å²) >= 11 is 0. The maximum Gasteiger partial charge on any atom is 0.210 e. The lowest BCUT2D eigenvalue weighted by Crippen LogP contribution is -2.30. The van der Waals surface area contributed by atoms with Gasteiger partial charge in [-0.3, -0.25) is 9.78 Å². The third-order valence-corrected chi connectivity index (χ3v) is 2.75. The van der Waals surface area contributed by atoms with Crippen molar-refractivity contribution in [2.75, 3.05) is 6.54 Å². The van der Waals surface area contributed by atoms with Gasteiger partial charge in [0.15, 0.2) is 5.82 Å². The highest BCUT2D eigenvalue weighted by Gasteiger charge is 2.22. The van der Waals surface area contributed by atoms with Crippen molar-refractivity contribution >= 4 is 6.41 Å². The minimum atomic E-state index is 0.513. The first kappa shape index (κ1) is 9.88. The van der Waals surface area contributed by atoms with Crippen LogP contribution in [0.15, 0.2) is 18.6 Å². The normalized spacial score (nSPS) is 14.5. The topological polar surface area (TPSA) is 76.8 Å². The van der Waals surface area contributed by atoms with Crippen LogP contribution in [0.5, 0.6) is 0 Å². The van der Waals surface area contributed by atoms with Crippen molar-refractivity contribution < 1.29 is 4.79 Å². The summed E-state index contributed by atoms with van der Waals surface area (Å²) in [5.41, 5.74) is 1.83. The van der Waals surface area contributed by atoms with Crippen LogP contribution in [0, 0.1) is 0 Å². The van der Waals surface area contributed by atoms with E-state index in [9.17, 15) is 4.79 Å². The van der Waals surface area contributed by atoms with Gasteiger partial charge in [0.2, 0.25) is 6.41 Å². The number of carbonyl (C=O) groups excluding carboxylic acids is 1. The first-order valence-electron chi connectivity index (χ1n) is 5.27. The Hall–Kier alpha value is -2.31. The molecule has 2 aromatic heterocycles. The van der Waals surface area contributed by atoms with E-state index in [1.807, 2.05) is 0 Å². The molecule has 3 rings (SSSR count). The van der Waals surface area contributed by atoms with E-state index in [4.69, 9.17) is 0 Å². The highest BCUT2D eigenvalue weighted by molar-refractivity contribution is 5.48. The van der Waals surface area contributed by atoms with Crippen molar-refractivity contribution in [2.45, 2.75) is 13.0 Å². The summed E-state index contributed by atoms with van der Waals surface area (Å²) in [5.74, 6) is 0.654. The van der Waals surface area contributed by atoms with E-state index in [0.717, 1.165) is 24.2 Å².